The lowest BCUT2D eigenvalue weighted by Gasteiger charge is -2.00. The number of hydrogen-bond acceptors (Lipinski definition) is 5. The van der Waals surface area contributed by atoms with Crippen LogP contribution in [0.3, 0.4) is 0 Å². The molecule has 0 spiro atoms. The highest BCUT2D eigenvalue weighted by Crippen LogP contribution is 2.29. The second kappa shape index (κ2) is 6.07. The standard InChI is InChI=1S/C13H14BrN3OS/c14-10-3-1-2-4-11(10)19-8-12-16-13(18-17-12)7-15-9-5-6-9/h1-4,9,15H,5-8H2. The Morgan fingerprint density at radius 3 is 3.00 bits per heavy atom. The zero-order valence-electron chi connectivity index (χ0n) is 10.3. The molecule has 0 aliphatic heterocycles. The Kier molecular flexibility index (Phi) is 4.20. The van der Waals surface area contributed by atoms with Crippen LogP contribution in [0.5, 0.6) is 0 Å². The van der Waals surface area contributed by atoms with Gasteiger partial charge in [0.15, 0.2) is 5.82 Å². The molecule has 1 heterocycles. The Hall–Kier alpha value is -0.850. The number of halogens is 1. The van der Waals surface area contributed by atoms with Gasteiger partial charge < -0.3 is 9.84 Å². The molecule has 0 radical (unpaired) electrons. The molecule has 3 rings (SSSR count). The smallest absolute Gasteiger partial charge is 0.240 e. The highest BCUT2D eigenvalue weighted by atomic mass is 79.9. The van der Waals surface area contributed by atoms with Crippen LogP contribution in [0.25, 0.3) is 0 Å². The molecule has 0 bridgehead atoms. The van der Waals surface area contributed by atoms with E-state index in [0.717, 1.165) is 16.0 Å². The fourth-order valence-corrected chi connectivity index (χ4v) is 3.05. The van der Waals surface area contributed by atoms with Gasteiger partial charge in [-0.3, -0.25) is 0 Å². The minimum absolute atomic E-state index is 0.657. The van der Waals surface area contributed by atoms with Gasteiger partial charge in [-0.05, 0) is 40.9 Å². The van der Waals surface area contributed by atoms with Crippen molar-refractivity contribution in [3.8, 4) is 0 Å². The predicted octanol–water partition coefficient (Wildman–Crippen LogP) is 3.38. The molecule has 2 aromatic rings. The summed E-state index contributed by atoms with van der Waals surface area (Å²) in [7, 11) is 0. The van der Waals surface area contributed by atoms with E-state index in [-0.39, 0.29) is 0 Å². The summed E-state index contributed by atoms with van der Waals surface area (Å²) in [4.78, 5) is 5.56. The molecule has 0 amide bonds. The van der Waals surface area contributed by atoms with Crippen LogP contribution in [0.4, 0.5) is 0 Å². The maximum absolute atomic E-state index is 5.21. The van der Waals surface area contributed by atoms with E-state index in [1.807, 2.05) is 18.2 Å². The van der Waals surface area contributed by atoms with E-state index in [0.29, 0.717) is 18.5 Å². The number of aromatic nitrogens is 2. The molecule has 1 saturated carbocycles. The molecule has 1 N–H and O–H groups in total. The third kappa shape index (κ3) is 3.81. The van der Waals surface area contributed by atoms with Crippen LogP contribution in [0.15, 0.2) is 38.2 Å². The average Bonchev–Trinajstić information content (AvgIpc) is 3.14. The zero-order valence-corrected chi connectivity index (χ0v) is 12.7. The first-order chi connectivity index (χ1) is 9.31. The van der Waals surface area contributed by atoms with E-state index >= 15 is 0 Å². The number of benzene rings is 1. The van der Waals surface area contributed by atoms with Crippen molar-refractivity contribution < 1.29 is 4.52 Å². The lowest BCUT2D eigenvalue weighted by Crippen LogP contribution is -2.15. The molecule has 1 aromatic heterocycles. The molecule has 1 aliphatic carbocycles. The Bertz CT molecular complexity index is 556. The molecular weight excluding hydrogens is 326 g/mol. The lowest BCUT2D eigenvalue weighted by molar-refractivity contribution is 0.363. The average molecular weight is 340 g/mol. The summed E-state index contributed by atoms with van der Waals surface area (Å²) in [5, 5.41) is 7.36. The largest absolute Gasteiger partial charge is 0.338 e. The van der Waals surface area contributed by atoms with Gasteiger partial charge in [0.2, 0.25) is 5.89 Å². The third-order valence-electron chi connectivity index (χ3n) is 2.82. The minimum atomic E-state index is 0.657. The van der Waals surface area contributed by atoms with Crippen molar-refractivity contribution in [3.05, 3.63) is 40.5 Å². The predicted molar refractivity (Wildman–Crippen MR) is 77.9 cm³/mol. The van der Waals surface area contributed by atoms with Gasteiger partial charge in [0, 0.05) is 15.4 Å². The highest BCUT2D eigenvalue weighted by Gasteiger charge is 2.21. The Balaban J connectivity index is 1.53. The SMILES string of the molecule is Brc1ccccc1SCc1noc(CNC2CC2)n1. The molecule has 1 aromatic carbocycles. The van der Waals surface area contributed by atoms with Gasteiger partial charge in [-0.15, -0.1) is 11.8 Å². The monoisotopic (exact) mass is 339 g/mol. The van der Waals surface area contributed by atoms with Crippen molar-refractivity contribution in [3.63, 3.8) is 0 Å². The van der Waals surface area contributed by atoms with Crippen LogP contribution in [-0.4, -0.2) is 16.2 Å². The van der Waals surface area contributed by atoms with Gasteiger partial charge >= 0.3 is 0 Å². The summed E-state index contributed by atoms with van der Waals surface area (Å²) in [6, 6.07) is 8.79. The first kappa shape index (κ1) is 13.1. The van der Waals surface area contributed by atoms with E-state index in [1.165, 1.54) is 17.7 Å². The molecule has 0 unspecified atom stereocenters. The maximum Gasteiger partial charge on any atom is 0.240 e. The Labute approximate surface area is 124 Å². The molecule has 0 atom stereocenters. The van der Waals surface area contributed by atoms with E-state index in [2.05, 4.69) is 37.5 Å². The summed E-state index contributed by atoms with van der Waals surface area (Å²) in [5.41, 5.74) is 0. The summed E-state index contributed by atoms with van der Waals surface area (Å²) < 4.78 is 6.31. The molecular formula is C13H14BrN3OS. The number of thioether (sulfide) groups is 1. The summed E-state index contributed by atoms with van der Waals surface area (Å²) in [5.74, 6) is 2.14. The summed E-state index contributed by atoms with van der Waals surface area (Å²) in [6.45, 7) is 0.678. The quantitative estimate of drug-likeness (QED) is 0.817. The van der Waals surface area contributed by atoms with Crippen LogP contribution in [0.1, 0.15) is 24.6 Å². The van der Waals surface area contributed by atoms with Crippen molar-refractivity contribution in [2.45, 2.75) is 36.1 Å². The molecule has 1 fully saturated rings. The molecule has 100 valence electrons. The lowest BCUT2D eigenvalue weighted by atomic mass is 10.4. The van der Waals surface area contributed by atoms with Crippen LogP contribution >= 0.6 is 27.7 Å². The van der Waals surface area contributed by atoms with E-state index in [4.69, 9.17) is 4.52 Å². The summed E-state index contributed by atoms with van der Waals surface area (Å²) >= 11 is 5.23. The van der Waals surface area contributed by atoms with Crippen molar-refractivity contribution in [1.82, 2.24) is 15.5 Å². The topological polar surface area (TPSA) is 51.0 Å². The van der Waals surface area contributed by atoms with Crippen LogP contribution in [0, 0.1) is 0 Å². The molecule has 0 saturated heterocycles. The number of nitrogens with one attached hydrogen (secondary N) is 1. The van der Waals surface area contributed by atoms with E-state index in [9.17, 15) is 0 Å². The molecule has 1 aliphatic rings. The number of hydrogen-bond donors (Lipinski definition) is 1. The summed E-state index contributed by atoms with van der Waals surface area (Å²) in [6.07, 6.45) is 2.53. The maximum atomic E-state index is 5.21. The van der Waals surface area contributed by atoms with Gasteiger partial charge in [-0.1, -0.05) is 17.3 Å². The van der Waals surface area contributed by atoms with Gasteiger partial charge in [-0.2, -0.15) is 4.98 Å². The van der Waals surface area contributed by atoms with Crippen molar-refractivity contribution in [2.75, 3.05) is 0 Å². The van der Waals surface area contributed by atoms with Crippen LogP contribution < -0.4 is 5.32 Å². The van der Waals surface area contributed by atoms with Crippen LogP contribution in [0.2, 0.25) is 0 Å². The normalized spacial score (nSPS) is 14.8. The van der Waals surface area contributed by atoms with E-state index in [1.54, 1.807) is 11.8 Å². The van der Waals surface area contributed by atoms with Crippen LogP contribution in [-0.2, 0) is 12.3 Å². The minimum Gasteiger partial charge on any atom is -0.338 e. The first-order valence-electron chi connectivity index (χ1n) is 6.23. The van der Waals surface area contributed by atoms with Gasteiger partial charge in [0.25, 0.3) is 0 Å². The molecule has 6 heteroatoms. The van der Waals surface area contributed by atoms with E-state index < -0.39 is 0 Å². The highest BCUT2D eigenvalue weighted by molar-refractivity contribution is 9.10. The Morgan fingerprint density at radius 1 is 1.37 bits per heavy atom. The fourth-order valence-electron chi connectivity index (χ4n) is 1.64. The van der Waals surface area contributed by atoms with Crippen molar-refractivity contribution in [1.29, 1.82) is 0 Å². The third-order valence-corrected chi connectivity index (χ3v) is 4.85. The number of nitrogens with zero attached hydrogens (tertiary/aromatic N) is 2. The van der Waals surface area contributed by atoms with Gasteiger partial charge in [-0.25, -0.2) is 0 Å². The van der Waals surface area contributed by atoms with Crippen molar-refractivity contribution >= 4 is 27.7 Å². The molecule has 4 nitrogen and oxygen atoms in total. The number of rotatable bonds is 6. The zero-order chi connectivity index (χ0) is 13.1. The second-order valence-electron chi connectivity index (χ2n) is 4.48. The molecule has 19 heavy (non-hydrogen) atoms. The Morgan fingerprint density at radius 2 is 2.21 bits per heavy atom. The second-order valence-corrected chi connectivity index (χ2v) is 6.35. The fraction of sp³-hybridized carbons (Fsp3) is 0.385. The van der Waals surface area contributed by atoms with Gasteiger partial charge in [0.1, 0.15) is 0 Å². The van der Waals surface area contributed by atoms with Gasteiger partial charge in [0.05, 0.1) is 12.3 Å². The van der Waals surface area contributed by atoms with Crippen molar-refractivity contribution in [2.24, 2.45) is 0 Å². The first-order valence-corrected chi connectivity index (χ1v) is 8.01.